The van der Waals surface area contributed by atoms with Gasteiger partial charge >= 0.3 is 0 Å². The molecule has 4 nitrogen and oxygen atoms in total. The normalized spacial score (nSPS) is 14.8. The van der Waals surface area contributed by atoms with Gasteiger partial charge in [0.2, 0.25) is 5.91 Å². The minimum absolute atomic E-state index is 0.109. The molecule has 1 heterocycles. The molecule has 0 bridgehead atoms. The summed E-state index contributed by atoms with van der Waals surface area (Å²) in [6, 6.07) is 5.30. The highest BCUT2D eigenvalue weighted by atomic mass is 16.5. The zero-order valence-electron chi connectivity index (χ0n) is 10.7. The number of rotatable bonds is 5. The maximum Gasteiger partial charge on any atom is 0.241 e. The lowest BCUT2D eigenvalue weighted by Gasteiger charge is -2.12. The SMILES string of the molecule is CCCC[C@H](N)C(=O)Nc1ccc2c(c1)CCO2. The van der Waals surface area contributed by atoms with Crippen molar-refractivity contribution in [3.05, 3.63) is 23.8 Å². The second-order valence-electron chi connectivity index (χ2n) is 4.66. The highest BCUT2D eigenvalue weighted by molar-refractivity contribution is 5.94. The number of fused-ring (bicyclic) bond motifs is 1. The van der Waals surface area contributed by atoms with Crippen molar-refractivity contribution in [2.24, 2.45) is 5.73 Å². The fourth-order valence-electron chi connectivity index (χ4n) is 2.05. The number of hydrogen-bond donors (Lipinski definition) is 2. The van der Waals surface area contributed by atoms with Gasteiger partial charge in [-0.3, -0.25) is 4.79 Å². The summed E-state index contributed by atoms with van der Waals surface area (Å²) >= 11 is 0. The van der Waals surface area contributed by atoms with Crippen LogP contribution >= 0.6 is 0 Å². The molecule has 3 N–H and O–H groups in total. The number of ether oxygens (including phenoxy) is 1. The molecule has 1 aromatic carbocycles. The van der Waals surface area contributed by atoms with Crippen LogP contribution in [-0.2, 0) is 11.2 Å². The molecule has 0 saturated carbocycles. The molecule has 1 aliphatic rings. The number of anilines is 1. The molecule has 0 aliphatic carbocycles. The number of amides is 1. The number of hydrogen-bond acceptors (Lipinski definition) is 3. The van der Waals surface area contributed by atoms with Crippen molar-refractivity contribution < 1.29 is 9.53 Å². The summed E-state index contributed by atoms with van der Waals surface area (Å²) < 4.78 is 5.42. The highest BCUT2D eigenvalue weighted by Crippen LogP contribution is 2.27. The monoisotopic (exact) mass is 248 g/mol. The lowest BCUT2D eigenvalue weighted by molar-refractivity contribution is -0.117. The summed E-state index contributed by atoms with van der Waals surface area (Å²) in [5.41, 5.74) is 7.78. The predicted octanol–water partition coefficient (Wildman–Crippen LogP) is 2.08. The van der Waals surface area contributed by atoms with Crippen molar-refractivity contribution in [2.75, 3.05) is 11.9 Å². The molecule has 0 radical (unpaired) electrons. The Labute approximate surface area is 108 Å². The van der Waals surface area contributed by atoms with Gasteiger partial charge in [0.1, 0.15) is 5.75 Å². The first-order valence-electron chi connectivity index (χ1n) is 6.53. The van der Waals surface area contributed by atoms with E-state index in [1.807, 2.05) is 18.2 Å². The molecule has 0 fully saturated rings. The van der Waals surface area contributed by atoms with E-state index in [2.05, 4.69) is 12.2 Å². The first kappa shape index (κ1) is 12.9. The molecule has 2 rings (SSSR count). The summed E-state index contributed by atoms with van der Waals surface area (Å²) in [6.45, 7) is 2.81. The Morgan fingerprint density at radius 2 is 2.39 bits per heavy atom. The molecule has 4 heteroatoms. The number of nitrogens with one attached hydrogen (secondary N) is 1. The molecule has 0 spiro atoms. The molecule has 0 aromatic heterocycles. The van der Waals surface area contributed by atoms with Crippen molar-refractivity contribution in [3.63, 3.8) is 0 Å². The molecule has 1 atom stereocenters. The Hall–Kier alpha value is -1.55. The Morgan fingerprint density at radius 1 is 1.56 bits per heavy atom. The average Bonchev–Trinajstić information content (AvgIpc) is 2.83. The van der Waals surface area contributed by atoms with Crippen molar-refractivity contribution in [3.8, 4) is 5.75 Å². The minimum atomic E-state index is -0.422. The number of unbranched alkanes of at least 4 members (excludes halogenated alkanes) is 1. The zero-order valence-corrected chi connectivity index (χ0v) is 10.7. The zero-order chi connectivity index (χ0) is 13.0. The maximum absolute atomic E-state index is 11.9. The van der Waals surface area contributed by atoms with E-state index in [1.165, 1.54) is 0 Å². The fourth-order valence-corrected chi connectivity index (χ4v) is 2.05. The van der Waals surface area contributed by atoms with E-state index in [0.717, 1.165) is 49.3 Å². The molecule has 1 aliphatic heterocycles. The standard InChI is InChI=1S/C14H20N2O2/c1-2-3-4-12(15)14(17)16-11-5-6-13-10(9-11)7-8-18-13/h5-6,9,12H,2-4,7-8,15H2,1H3,(H,16,17)/t12-/m0/s1. The van der Waals surface area contributed by atoms with E-state index in [0.29, 0.717) is 0 Å². The predicted molar refractivity (Wildman–Crippen MR) is 71.8 cm³/mol. The summed E-state index contributed by atoms with van der Waals surface area (Å²) in [7, 11) is 0. The number of nitrogens with two attached hydrogens (primary N) is 1. The van der Waals surface area contributed by atoms with Gasteiger partial charge in [-0.1, -0.05) is 19.8 Å². The second-order valence-corrected chi connectivity index (χ2v) is 4.66. The van der Waals surface area contributed by atoms with Gasteiger partial charge in [0.15, 0.2) is 0 Å². The second kappa shape index (κ2) is 5.87. The first-order valence-corrected chi connectivity index (χ1v) is 6.53. The molecule has 98 valence electrons. The summed E-state index contributed by atoms with van der Waals surface area (Å²) in [4.78, 5) is 11.9. The third-order valence-electron chi connectivity index (χ3n) is 3.16. The van der Waals surface area contributed by atoms with Crippen LogP contribution in [0, 0.1) is 0 Å². The number of carbonyl (C=O) groups excluding carboxylic acids is 1. The Kier molecular flexibility index (Phi) is 4.20. The highest BCUT2D eigenvalue weighted by Gasteiger charge is 2.15. The van der Waals surface area contributed by atoms with Crippen LogP contribution in [0.1, 0.15) is 31.7 Å². The number of benzene rings is 1. The van der Waals surface area contributed by atoms with Crippen molar-refractivity contribution >= 4 is 11.6 Å². The number of carbonyl (C=O) groups is 1. The first-order chi connectivity index (χ1) is 8.70. The fraction of sp³-hybridized carbons (Fsp3) is 0.500. The van der Waals surface area contributed by atoms with E-state index in [9.17, 15) is 4.79 Å². The Morgan fingerprint density at radius 3 is 3.17 bits per heavy atom. The van der Waals surface area contributed by atoms with Crippen LogP contribution in [0.2, 0.25) is 0 Å². The Balaban J connectivity index is 1.94. The molecule has 0 unspecified atom stereocenters. The molecular formula is C14H20N2O2. The van der Waals surface area contributed by atoms with Gasteiger partial charge in [-0.25, -0.2) is 0 Å². The van der Waals surface area contributed by atoms with Gasteiger partial charge in [-0.15, -0.1) is 0 Å². The molecule has 1 amide bonds. The van der Waals surface area contributed by atoms with Gasteiger partial charge in [0.25, 0.3) is 0 Å². The van der Waals surface area contributed by atoms with Crippen molar-refractivity contribution in [1.29, 1.82) is 0 Å². The molecule has 18 heavy (non-hydrogen) atoms. The van der Waals surface area contributed by atoms with Crippen LogP contribution in [0.4, 0.5) is 5.69 Å². The third kappa shape index (κ3) is 3.01. The largest absolute Gasteiger partial charge is 0.493 e. The van der Waals surface area contributed by atoms with Crippen molar-refractivity contribution in [1.82, 2.24) is 0 Å². The lowest BCUT2D eigenvalue weighted by Crippen LogP contribution is -2.35. The third-order valence-corrected chi connectivity index (χ3v) is 3.16. The van der Waals surface area contributed by atoms with E-state index < -0.39 is 6.04 Å². The summed E-state index contributed by atoms with van der Waals surface area (Å²) in [6.07, 6.45) is 3.67. The van der Waals surface area contributed by atoms with E-state index in [-0.39, 0.29) is 5.91 Å². The molecular weight excluding hydrogens is 228 g/mol. The van der Waals surface area contributed by atoms with Gasteiger partial charge in [-0.2, -0.15) is 0 Å². The molecule has 0 saturated heterocycles. The van der Waals surface area contributed by atoms with Crippen LogP contribution in [0.5, 0.6) is 5.75 Å². The van der Waals surface area contributed by atoms with E-state index in [1.54, 1.807) is 0 Å². The average molecular weight is 248 g/mol. The summed E-state index contributed by atoms with van der Waals surface area (Å²) in [5, 5.41) is 2.86. The minimum Gasteiger partial charge on any atom is -0.493 e. The van der Waals surface area contributed by atoms with Gasteiger partial charge in [0, 0.05) is 12.1 Å². The van der Waals surface area contributed by atoms with Crippen molar-refractivity contribution in [2.45, 2.75) is 38.6 Å². The van der Waals surface area contributed by atoms with Crippen LogP contribution in [0.15, 0.2) is 18.2 Å². The van der Waals surface area contributed by atoms with Crippen LogP contribution in [0.3, 0.4) is 0 Å². The van der Waals surface area contributed by atoms with E-state index in [4.69, 9.17) is 10.5 Å². The Bertz CT molecular complexity index is 432. The quantitative estimate of drug-likeness (QED) is 0.838. The van der Waals surface area contributed by atoms with Gasteiger partial charge < -0.3 is 15.8 Å². The lowest BCUT2D eigenvalue weighted by atomic mass is 10.1. The van der Waals surface area contributed by atoms with Gasteiger partial charge in [-0.05, 0) is 30.2 Å². The maximum atomic E-state index is 11.9. The van der Waals surface area contributed by atoms with E-state index >= 15 is 0 Å². The smallest absolute Gasteiger partial charge is 0.241 e. The van der Waals surface area contributed by atoms with Gasteiger partial charge in [0.05, 0.1) is 12.6 Å². The topological polar surface area (TPSA) is 64.4 Å². The van der Waals surface area contributed by atoms with Crippen LogP contribution < -0.4 is 15.8 Å². The van der Waals surface area contributed by atoms with Crippen LogP contribution in [0.25, 0.3) is 0 Å². The summed E-state index contributed by atoms with van der Waals surface area (Å²) in [5.74, 6) is 0.811. The molecule has 1 aromatic rings. The van der Waals surface area contributed by atoms with Crippen LogP contribution in [-0.4, -0.2) is 18.6 Å².